The number of methoxy groups -OCH3 is 1. The van der Waals surface area contributed by atoms with Crippen molar-refractivity contribution in [2.75, 3.05) is 12.4 Å². The summed E-state index contributed by atoms with van der Waals surface area (Å²) in [5, 5.41) is 3.22. The molecule has 0 fully saturated rings. The Morgan fingerprint density at radius 3 is 2.63 bits per heavy atom. The number of para-hydroxylation sites is 1. The van der Waals surface area contributed by atoms with Crippen LogP contribution in [0.15, 0.2) is 51.4 Å². The van der Waals surface area contributed by atoms with Crippen LogP contribution in [0.5, 0.6) is 5.75 Å². The Hall–Kier alpha value is -0.910. The van der Waals surface area contributed by atoms with Crippen molar-refractivity contribution >= 4 is 54.8 Å². The lowest BCUT2D eigenvalue weighted by atomic mass is 10.2. The van der Waals surface area contributed by atoms with E-state index in [0.29, 0.717) is 4.99 Å². The zero-order valence-electron chi connectivity index (χ0n) is 10.1. The molecular formula is C14H11Br2NOS. The molecular weight excluding hydrogens is 390 g/mol. The van der Waals surface area contributed by atoms with Gasteiger partial charge in [-0.15, -0.1) is 0 Å². The van der Waals surface area contributed by atoms with Gasteiger partial charge in [0.05, 0.1) is 18.4 Å². The first-order valence-electron chi connectivity index (χ1n) is 5.51. The van der Waals surface area contributed by atoms with Gasteiger partial charge in [-0.1, -0.05) is 40.3 Å². The standard InChI is InChI=1S/C14H11Br2NOS/c1-18-13-5-3-2-4-10(13)14(19)17-12-8-9(15)6-7-11(12)16/h2-8H,1H3,(H,17,19). The van der Waals surface area contributed by atoms with Gasteiger partial charge >= 0.3 is 0 Å². The molecule has 2 aromatic rings. The van der Waals surface area contributed by atoms with Crippen LogP contribution in [0.4, 0.5) is 5.69 Å². The maximum atomic E-state index is 5.43. The van der Waals surface area contributed by atoms with Crippen molar-refractivity contribution in [1.82, 2.24) is 0 Å². The number of anilines is 1. The predicted octanol–water partition coefficient (Wildman–Crippen LogP) is 5.01. The van der Waals surface area contributed by atoms with Crippen LogP contribution in [-0.2, 0) is 0 Å². The molecule has 0 spiro atoms. The van der Waals surface area contributed by atoms with Crippen molar-refractivity contribution in [1.29, 1.82) is 0 Å². The number of thiocarbonyl (C=S) groups is 1. The summed E-state index contributed by atoms with van der Waals surface area (Å²) in [5.41, 5.74) is 1.78. The molecule has 0 aliphatic carbocycles. The van der Waals surface area contributed by atoms with Crippen LogP contribution >= 0.6 is 44.1 Å². The highest BCUT2D eigenvalue weighted by Gasteiger charge is 2.09. The Bertz CT molecular complexity index is 616. The molecule has 0 atom stereocenters. The lowest BCUT2D eigenvalue weighted by molar-refractivity contribution is 0.414. The summed E-state index contributed by atoms with van der Waals surface area (Å²) in [6, 6.07) is 13.5. The average molecular weight is 401 g/mol. The Morgan fingerprint density at radius 2 is 1.89 bits per heavy atom. The summed E-state index contributed by atoms with van der Waals surface area (Å²) >= 11 is 12.4. The lowest BCUT2D eigenvalue weighted by Gasteiger charge is -2.13. The molecule has 0 aromatic heterocycles. The Kier molecular flexibility index (Phi) is 4.96. The molecule has 98 valence electrons. The minimum absolute atomic E-state index is 0.622. The maximum Gasteiger partial charge on any atom is 0.129 e. The van der Waals surface area contributed by atoms with E-state index in [0.717, 1.165) is 25.9 Å². The first-order chi connectivity index (χ1) is 9.11. The topological polar surface area (TPSA) is 21.3 Å². The summed E-state index contributed by atoms with van der Waals surface area (Å²) in [5.74, 6) is 0.756. The molecule has 1 N–H and O–H groups in total. The third-order valence-electron chi connectivity index (χ3n) is 2.53. The van der Waals surface area contributed by atoms with Crippen molar-refractivity contribution in [3.05, 3.63) is 57.0 Å². The van der Waals surface area contributed by atoms with Crippen molar-refractivity contribution in [2.45, 2.75) is 0 Å². The highest BCUT2D eigenvalue weighted by molar-refractivity contribution is 9.11. The van der Waals surface area contributed by atoms with Crippen molar-refractivity contribution in [3.63, 3.8) is 0 Å². The van der Waals surface area contributed by atoms with Crippen LogP contribution in [0.3, 0.4) is 0 Å². The Morgan fingerprint density at radius 1 is 1.16 bits per heavy atom. The van der Waals surface area contributed by atoms with Crippen LogP contribution in [0.2, 0.25) is 0 Å². The Balaban J connectivity index is 2.28. The molecule has 0 unspecified atom stereocenters. The largest absolute Gasteiger partial charge is 0.496 e. The Labute approximate surface area is 134 Å². The van der Waals surface area contributed by atoms with Gasteiger partial charge in [0.2, 0.25) is 0 Å². The van der Waals surface area contributed by atoms with Gasteiger partial charge < -0.3 is 10.1 Å². The molecule has 2 rings (SSSR count). The molecule has 2 nitrogen and oxygen atoms in total. The zero-order chi connectivity index (χ0) is 13.8. The molecule has 5 heteroatoms. The summed E-state index contributed by atoms with van der Waals surface area (Å²) < 4.78 is 7.25. The van der Waals surface area contributed by atoms with Crippen molar-refractivity contribution in [2.24, 2.45) is 0 Å². The number of hydrogen-bond acceptors (Lipinski definition) is 2. The van der Waals surface area contributed by atoms with Gasteiger partial charge in [-0.2, -0.15) is 0 Å². The maximum absolute atomic E-state index is 5.43. The number of rotatable bonds is 3. The summed E-state index contributed by atoms with van der Waals surface area (Å²) in [6.45, 7) is 0. The third kappa shape index (κ3) is 3.55. The van der Waals surface area contributed by atoms with Gasteiger partial charge in [0.15, 0.2) is 0 Å². The van der Waals surface area contributed by atoms with E-state index in [1.54, 1.807) is 7.11 Å². The average Bonchev–Trinajstić information content (AvgIpc) is 2.42. The number of nitrogens with one attached hydrogen (secondary N) is 1. The van der Waals surface area contributed by atoms with E-state index in [1.807, 2.05) is 42.5 Å². The summed E-state index contributed by atoms with van der Waals surface area (Å²) in [7, 11) is 1.64. The summed E-state index contributed by atoms with van der Waals surface area (Å²) in [6.07, 6.45) is 0. The van der Waals surface area contributed by atoms with Gasteiger partial charge in [0.25, 0.3) is 0 Å². The van der Waals surface area contributed by atoms with Crippen LogP contribution in [0.25, 0.3) is 0 Å². The highest BCUT2D eigenvalue weighted by atomic mass is 79.9. The van der Waals surface area contributed by atoms with E-state index < -0.39 is 0 Å². The molecule has 0 aliphatic heterocycles. The zero-order valence-corrected chi connectivity index (χ0v) is 14.1. The van der Waals surface area contributed by atoms with Crippen LogP contribution in [-0.4, -0.2) is 12.1 Å². The molecule has 0 radical (unpaired) electrons. The molecule has 0 amide bonds. The monoisotopic (exact) mass is 399 g/mol. The quantitative estimate of drug-likeness (QED) is 0.731. The normalized spacial score (nSPS) is 10.1. The molecule has 0 saturated heterocycles. The number of halogens is 2. The van der Waals surface area contributed by atoms with Gasteiger partial charge in [-0.3, -0.25) is 0 Å². The fourth-order valence-corrected chi connectivity index (χ4v) is 2.60. The van der Waals surface area contributed by atoms with Gasteiger partial charge in [0.1, 0.15) is 10.7 Å². The van der Waals surface area contributed by atoms with Crippen LogP contribution in [0.1, 0.15) is 5.56 Å². The summed E-state index contributed by atoms with van der Waals surface area (Å²) in [4.78, 5) is 0.622. The fraction of sp³-hybridized carbons (Fsp3) is 0.0714. The molecule has 0 bridgehead atoms. The van der Waals surface area contributed by atoms with Gasteiger partial charge in [-0.05, 0) is 46.3 Å². The molecule has 2 aromatic carbocycles. The smallest absolute Gasteiger partial charge is 0.129 e. The number of benzene rings is 2. The minimum atomic E-state index is 0.622. The van der Waals surface area contributed by atoms with E-state index >= 15 is 0 Å². The van der Waals surface area contributed by atoms with Crippen molar-refractivity contribution in [3.8, 4) is 5.75 Å². The second-order valence-electron chi connectivity index (χ2n) is 3.78. The highest BCUT2D eigenvalue weighted by Crippen LogP contribution is 2.28. The second-order valence-corrected chi connectivity index (χ2v) is 5.96. The molecule has 0 heterocycles. The molecule has 0 aliphatic rings. The number of ether oxygens (including phenoxy) is 1. The lowest BCUT2D eigenvalue weighted by Crippen LogP contribution is -2.12. The van der Waals surface area contributed by atoms with E-state index in [2.05, 4.69) is 37.2 Å². The third-order valence-corrected chi connectivity index (χ3v) is 4.03. The van der Waals surface area contributed by atoms with Crippen molar-refractivity contribution < 1.29 is 4.74 Å². The van der Waals surface area contributed by atoms with E-state index in [9.17, 15) is 0 Å². The first kappa shape index (κ1) is 14.5. The van der Waals surface area contributed by atoms with Crippen LogP contribution in [0, 0.1) is 0 Å². The predicted molar refractivity (Wildman–Crippen MR) is 90.2 cm³/mol. The minimum Gasteiger partial charge on any atom is -0.496 e. The number of hydrogen-bond donors (Lipinski definition) is 1. The van der Waals surface area contributed by atoms with Gasteiger partial charge in [0, 0.05) is 8.95 Å². The second kappa shape index (κ2) is 6.50. The van der Waals surface area contributed by atoms with E-state index in [4.69, 9.17) is 17.0 Å². The van der Waals surface area contributed by atoms with E-state index in [1.165, 1.54) is 0 Å². The first-order valence-corrected chi connectivity index (χ1v) is 7.50. The van der Waals surface area contributed by atoms with Crippen LogP contribution < -0.4 is 10.1 Å². The van der Waals surface area contributed by atoms with E-state index in [-0.39, 0.29) is 0 Å². The fourth-order valence-electron chi connectivity index (χ4n) is 1.62. The SMILES string of the molecule is COc1ccccc1C(=S)Nc1cc(Br)ccc1Br. The molecule has 19 heavy (non-hydrogen) atoms. The molecule has 0 saturated carbocycles. The van der Waals surface area contributed by atoms with Gasteiger partial charge in [-0.25, -0.2) is 0 Å².